The zero-order chi connectivity index (χ0) is 19.3. The summed E-state index contributed by atoms with van der Waals surface area (Å²) in [6.45, 7) is 0. The molecule has 2 aromatic rings. The second-order valence-electron chi connectivity index (χ2n) is 7.77. The molecule has 0 aliphatic carbocycles. The molecule has 2 saturated heterocycles. The van der Waals surface area contributed by atoms with Crippen molar-refractivity contribution < 1.29 is 9.59 Å². The van der Waals surface area contributed by atoms with Crippen LogP contribution in [0.2, 0.25) is 0 Å². The monoisotopic (exact) mass is 450 g/mol. The van der Waals surface area contributed by atoms with Crippen molar-refractivity contribution in [1.82, 2.24) is 20.9 Å². The Morgan fingerprint density at radius 2 is 1.73 bits per heavy atom. The van der Waals surface area contributed by atoms with Crippen LogP contribution in [0.3, 0.4) is 0 Å². The van der Waals surface area contributed by atoms with Gasteiger partial charge in [-0.3, -0.25) is 14.6 Å². The smallest absolute Gasteiger partial charge is 0.251 e. The number of hydrogen-bond donors (Lipinski definition) is 3. The minimum Gasteiger partial charge on any atom is -0.351 e. The van der Waals surface area contributed by atoms with Gasteiger partial charge in [0.15, 0.2) is 0 Å². The summed E-state index contributed by atoms with van der Waals surface area (Å²) in [5, 5.41) is 9.68. The van der Waals surface area contributed by atoms with Crippen molar-refractivity contribution in [3.8, 4) is 0 Å². The van der Waals surface area contributed by atoms with Crippen molar-refractivity contribution in [3.05, 3.63) is 66.0 Å². The third-order valence-corrected chi connectivity index (χ3v) is 5.64. The van der Waals surface area contributed by atoms with Gasteiger partial charge in [-0.25, -0.2) is 0 Å². The van der Waals surface area contributed by atoms with E-state index in [-0.39, 0.29) is 42.7 Å². The molecule has 8 heteroatoms. The number of carbonyl (C=O) groups is 2. The van der Waals surface area contributed by atoms with Gasteiger partial charge in [0.2, 0.25) is 5.91 Å². The summed E-state index contributed by atoms with van der Waals surface area (Å²) < 4.78 is 0. The summed E-state index contributed by atoms with van der Waals surface area (Å²) in [5.41, 5.74) is 1.47. The van der Waals surface area contributed by atoms with Crippen molar-refractivity contribution in [2.75, 3.05) is 0 Å². The Morgan fingerprint density at radius 3 is 2.37 bits per heavy atom. The Hall–Kier alpha value is -2.15. The van der Waals surface area contributed by atoms with Crippen LogP contribution >= 0.6 is 24.8 Å². The molecule has 30 heavy (non-hydrogen) atoms. The molecule has 1 aromatic carbocycles. The molecule has 2 aliphatic heterocycles. The van der Waals surface area contributed by atoms with Crippen LogP contribution in [0.15, 0.2) is 54.9 Å². The van der Waals surface area contributed by atoms with Gasteiger partial charge in [-0.15, -0.1) is 24.8 Å². The van der Waals surface area contributed by atoms with Crippen molar-refractivity contribution in [3.63, 3.8) is 0 Å². The molecule has 4 rings (SSSR count). The van der Waals surface area contributed by atoms with Gasteiger partial charge in [0.05, 0.1) is 0 Å². The number of nitrogens with zero attached hydrogens (tertiary/aromatic N) is 1. The van der Waals surface area contributed by atoms with Crippen LogP contribution < -0.4 is 16.0 Å². The summed E-state index contributed by atoms with van der Waals surface area (Å²) in [4.78, 5) is 29.8. The molecule has 0 radical (unpaired) electrons. The van der Waals surface area contributed by atoms with E-state index < -0.39 is 6.04 Å². The van der Waals surface area contributed by atoms with Crippen LogP contribution in [0.25, 0.3) is 0 Å². The van der Waals surface area contributed by atoms with Gasteiger partial charge in [0.25, 0.3) is 5.91 Å². The van der Waals surface area contributed by atoms with Gasteiger partial charge < -0.3 is 16.0 Å². The van der Waals surface area contributed by atoms with Crippen molar-refractivity contribution in [2.45, 2.75) is 56.3 Å². The first-order chi connectivity index (χ1) is 13.7. The number of fused-ring (bicyclic) bond motifs is 2. The van der Waals surface area contributed by atoms with Crippen molar-refractivity contribution in [2.24, 2.45) is 0 Å². The summed E-state index contributed by atoms with van der Waals surface area (Å²) in [6.07, 6.45) is 8.12. The zero-order valence-corrected chi connectivity index (χ0v) is 18.3. The summed E-state index contributed by atoms with van der Waals surface area (Å²) in [5.74, 6) is -0.366. The van der Waals surface area contributed by atoms with Crippen LogP contribution in [0.5, 0.6) is 0 Å². The van der Waals surface area contributed by atoms with E-state index in [0.717, 1.165) is 18.4 Å². The quantitative estimate of drug-likeness (QED) is 0.631. The molecule has 2 fully saturated rings. The average molecular weight is 451 g/mol. The van der Waals surface area contributed by atoms with Crippen molar-refractivity contribution in [1.29, 1.82) is 0 Å². The van der Waals surface area contributed by atoms with Crippen LogP contribution in [-0.2, 0) is 11.2 Å². The second-order valence-corrected chi connectivity index (χ2v) is 7.77. The second kappa shape index (κ2) is 11.3. The van der Waals surface area contributed by atoms with Crippen molar-refractivity contribution >= 4 is 36.6 Å². The number of piperidine rings is 1. The molecular weight excluding hydrogens is 423 g/mol. The lowest BCUT2D eigenvalue weighted by Gasteiger charge is -2.31. The van der Waals surface area contributed by atoms with Crippen LogP contribution in [0, 0.1) is 0 Å². The molecule has 6 nitrogen and oxygen atoms in total. The molecule has 162 valence electrons. The number of halogens is 2. The standard InChI is InChI=1S/C22H26N4O2.2ClH/c27-21(16-6-2-1-3-7-16)26-20(11-15-5-4-10-23-14-15)22(28)25-19-12-17-8-9-18(13-19)24-17;;/h1-7,10,14,17-20,24H,8-9,11-13H2,(H,25,28)(H,26,27);2*1H. The fourth-order valence-corrected chi connectivity index (χ4v) is 4.27. The summed E-state index contributed by atoms with van der Waals surface area (Å²) in [7, 11) is 0. The van der Waals surface area contributed by atoms with E-state index in [1.165, 1.54) is 12.8 Å². The zero-order valence-electron chi connectivity index (χ0n) is 16.6. The number of pyridine rings is 1. The number of benzene rings is 1. The highest BCUT2D eigenvalue weighted by Crippen LogP contribution is 2.26. The maximum atomic E-state index is 13.0. The lowest BCUT2D eigenvalue weighted by Crippen LogP contribution is -2.54. The number of carbonyl (C=O) groups excluding carboxylic acids is 2. The molecule has 2 aliphatic rings. The number of aromatic nitrogens is 1. The number of rotatable bonds is 6. The van der Waals surface area contributed by atoms with Crippen LogP contribution in [-0.4, -0.2) is 41.0 Å². The highest BCUT2D eigenvalue weighted by Gasteiger charge is 2.35. The van der Waals surface area contributed by atoms with Crippen LogP contribution in [0.1, 0.15) is 41.6 Å². The topological polar surface area (TPSA) is 83.1 Å². The summed E-state index contributed by atoms with van der Waals surface area (Å²) in [6, 6.07) is 13.3. The van der Waals surface area contributed by atoms with Gasteiger partial charge in [-0.05, 0) is 49.4 Å². The van der Waals surface area contributed by atoms with E-state index >= 15 is 0 Å². The molecule has 3 atom stereocenters. The molecule has 2 bridgehead atoms. The minimum atomic E-state index is -0.635. The Bertz CT molecular complexity index is 810. The first-order valence-corrected chi connectivity index (χ1v) is 9.98. The predicted molar refractivity (Wildman–Crippen MR) is 121 cm³/mol. The van der Waals surface area contributed by atoms with E-state index in [4.69, 9.17) is 0 Å². The fourth-order valence-electron chi connectivity index (χ4n) is 4.27. The molecule has 1 aromatic heterocycles. The third-order valence-electron chi connectivity index (χ3n) is 5.64. The maximum Gasteiger partial charge on any atom is 0.251 e. The normalized spacial score (nSPS) is 22.7. The predicted octanol–water partition coefficient (Wildman–Crippen LogP) is 2.67. The van der Waals surface area contributed by atoms with E-state index in [0.29, 0.717) is 24.1 Å². The molecular formula is C22H28Cl2N4O2. The van der Waals surface area contributed by atoms with Gasteiger partial charge in [0.1, 0.15) is 6.04 Å². The molecule has 3 N–H and O–H groups in total. The van der Waals surface area contributed by atoms with E-state index in [2.05, 4.69) is 20.9 Å². The Kier molecular flexibility index (Phi) is 9.08. The van der Waals surface area contributed by atoms with E-state index in [1.54, 1.807) is 24.5 Å². The Balaban J connectivity index is 0.00000160. The fraction of sp³-hybridized carbons (Fsp3) is 0.409. The maximum absolute atomic E-state index is 13.0. The van der Waals surface area contributed by atoms with Gasteiger partial charge in [-0.1, -0.05) is 24.3 Å². The minimum absolute atomic E-state index is 0. The number of nitrogens with one attached hydrogen (secondary N) is 3. The summed E-state index contributed by atoms with van der Waals surface area (Å²) >= 11 is 0. The first-order valence-electron chi connectivity index (χ1n) is 9.98. The molecule has 0 saturated carbocycles. The molecule has 2 amide bonds. The SMILES string of the molecule is Cl.Cl.O=C(NC(Cc1cccnc1)C(=O)NC1CC2CCC(C1)N2)c1ccccc1. The van der Waals surface area contributed by atoms with Gasteiger partial charge >= 0.3 is 0 Å². The highest BCUT2D eigenvalue weighted by molar-refractivity contribution is 5.97. The van der Waals surface area contributed by atoms with Gasteiger partial charge in [-0.2, -0.15) is 0 Å². The first kappa shape index (κ1) is 24.1. The van der Waals surface area contributed by atoms with E-state index in [9.17, 15) is 9.59 Å². The number of hydrogen-bond acceptors (Lipinski definition) is 4. The Labute approximate surface area is 189 Å². The molecule has 3 unspecified atom stereocenters. The molecule has 0 spiro atoms. The number of amides is 2. The molecule has 3 heterocycles. The average Bonchev–Trinajstić information content (AvgIpc) is 3.07. The highest BCUT2D eigenvalue weighted by atomic mass is 35.5. The largest absolute Gasteiger partial charge is 0.351 e. The van der Waals surface area contributed by atoms with E-state index in [1.807, 2.05) is 30.3 Å². The lowest BCUT2D eigenvalue weighted by molar-refractivity contribution is -0.123. The third kappa shape index (κ3) is 6.17. The Morgan fingerprint density at radius 1 is 1.03 bits per heavy atom. The van der Waals surface area contributed by atoms with Crippen LogP contribution in [0.4, 0.5) is 0 Å². The van der Waals surface area contributed by atoms with Gasteiger partial charge in [0, 0.05) is 42.5 Å². The lowest BCUT2D eigenvalue weighted by atomic mass is 9.98.